The molecule has 0 spiro atoms. The summed E-state index contributed by atoms with van der Waals surface area (Å²) in [7, 11) is 1.32. The number of esters is 2. The predicted octanol–water partition coefficient (Wildman–Crippen LogP) is 6.12. The normalized spacial score (nSPS) is 20.4. The van der Waals surface area contributed by atoms with E-state index in [0.29, 0.717) is 24.0 Å². The number of piperidine rings is 1. The number of rotatable bonds is 8. The minimum absolute atomic E-state index is 0.0990. The number of methoxy groups -OCH3 is 1. The first kappa shape index (κ1) is 25.9. The van der Waals surface area contributed by atoms with Crippen LogP contribution in [0.4, 0.5) is 0 Å². The molecule has 0 bridgehead atoms. The number of ether oxygens (including phenoxy) is 2. The molecule has 0 aromatic heterocycles. The molecular weight excluding hydrogens is 430 g/mol. The molecule has 2 unspecified atom stereocenters. The van der Waals surface area contributed by atoms with E-state index in [1.165, 1.54) is 13.2 Å². The summed E-state index contributed by atoms with van der Waals surface area (Å²) in [5, 5.41) is 2.17. The van der Waals surface area contributed by atoms with Crippen molar-refractivity contribution in [2.45, 2.75) is 83.6 Å². The summed E-state index contributed by atoms with van der Waals surface area (Å²) in [5.41, 5.74) is 1.16. The molecule has 2 aromatic carbocycles. The fourth-order valence-electron chi connectivity index (χ4n) is 5.08. The minimum atomic E-state index is -0.482. The van der Waals surface area contributed by atoms with Gasteiger partial charge in [0.15, 0.2) is 0 Å². The molecule has 1 aliphatic heterocycles. The molecule has 2 atom stereocenters. The van der Waals surface area contributed by atoms with Crippen molar-refractivity contribution in [3.8, 4) is 0 Å². The number of hydroxylamine groups is 2. The SMILES string of the molecule is CCC1(CC)CC(OC(=O)c2cccc(C(=O)OC)c2)CC(C)(C)N1OC(C)c1ccccc1. The highest BCUT2D eigenvalue weighted by Gasteiger charge is 2.51. The largest absolute Gasteiger partial charge is 0.465 e. The summed E-state index contributed by atoms with van der Waals surface area (Å²) < 4.78 is 10.8. The molecule has 1 saturated heterocycles. The van der Waals surface area contributed by atoms with Crippen molar-refractivity contribution in [1.29, 1.82) is 0 Å². The highest BCUT2D eigenvalue weighted by atomic mass is 16.7. The molecule has 1 fully saturated rings. The van der Waals surface area contributed by atoms with E-state index in [4.69, 9.17) is 14.3 Å². The first-order valence-electron chi connectivity index (χ1n) is 12.1. The minimum Gasteiger partial charge on any atom is -0.465 e. The van der Waals surface area contributed by atoms with Crippen molar-refractivity contribution < 1.29 is 23.9 Å². The van der Waals surface area contributed by atoms with Crippen molar-refractivity contribution >= 4 is 11.9 Å². The van der Waals surface area contributed by atoms with E-state index < -0.39 is 11.9 Å². The molecule has 3 rings (SSSR count). The third kappa shape index (κ3) is 5.50. The summed E-state index contributed by atoms with van der Waals surface area (Å²) in [5.74, 6) is -0.913. The van der Waals surface area contributed by atoms with Gasteiger partial charge >= 0.3 is 11.9 Å². The molecule has 6 nitrogen and oxygen atoms in total. The van der Waals surface area contributed by atoms with Crippen LogP contribution in [0.25, 0.3) is 0 Å². The van der Waals surface area contributed by atoms with Gasteiger partial charge in [0.2, 0.25) is 0 Å². The van der Waals surface area contributed by atoms with Gasteiger partial charge in [0, 0.05) is 23.9 Å². The Bertz CT molecular complexity index is 983. The zero-order valence-corrected chi connectivity index (χ0v) is 21.2. The van der Waals surface area contributed by atoms with Crippen LogP contribution in [0, 0.1) is 0 Å². The van der Waals surface area contributed by atoms with Gasteiger partial charge in [-0.1, -0.05) is 50.2 Å². The Kier molecular flexibility index (Phi) is 8.16. The first-order valence-corrected chi connectivity index (χ1v) is 12.1. The van der Waals surface area contributed by atoms with Crippen molar-refractivity contribution in [2.24, 2.45) is 0 Å². The Morgan fingerprint density at radius 3 is 2.18 bits per heavy atom. The van der Waals surface area contributed by atoms with Gasteiger partial charge in [-0.05, 0) is 57.4 Å². The number of hydrogen-bond acceptors (Lipinski definition) is 6. The van der Waals surface area contributed by atoms with Gasteiger partial charge in [-0.3, -0.25) is 4.84 Å². The third-order valence-electron chi connectivity index (χ3n) is 6.96. The van der Waals surface area contributed by atoms with Gasteiger partial charge in [0.05, 0.1) is 18.2 Å². The second-order valence-corrected chi connectivity index (χ2v) is 9.70. The molecule has 0 aliphatic carbocycles. The van der Waals surface area contributed by atoms with Gasteiger partial charge in [-0.25, -0.2) is 9.59 Å². The molecule has 0 amide bonds. The average molecular weight is 468 g/mol. The Morgan fingerprint density at radius 1 is 0.971 bits per heavy atom. The number of carbonyl (C=O) groups excluding carboxylic acids is 2. The number of benzene rings is 2. The monoisotopic (exact) mass is 467 g/mol. The van der Waals surface area contributed by atoms with Crippen LogP contribution in [0.1, 0.15) is 92.7 Å². The second-order valence-electron chi connectivity index (χ2n) is 9.70. The number of hydrogen-bond donors (Lipinski definition) is 0. The summed E-state index contributed by atoms with van der Waals surface area (Å²) >= 11 is 0. The van der Waals surface area contributed by atoms with Gasteiger partial charge in [0.25, 0.3) is 0 Å². The summed E-state index contributed by atoms with van der Waals surface area (Å²) in [6, 6.07) is 16.7. The molecule has 6 heteroatoms. The standard InChI is InChI=1S/C28H37NO5/c1-7-28(8-2)19-24(33-26(31)23-16-12-15-22(17-23)25(30)32-6)18-27(4,5)29(28)34-20(3)21-13-10-9-11-14-21/h9-17,20,24H,7-8,18-19H2,1-6H3. The Hall–Kier alpha value is -2.70. The number of carbonyl (C=O) groups is 2. The third-order valence-corrected chi connectivity index (χ3v) is 6.96. The quantitative estimate of drug-likeness (QED) is 0.436. The molecule has 184 valence electrons. The predicted molar refractivity (Wildman–Crippen MR) is 131 cm³/mol. The number of nitrogens with zero attached hydrogens (tertiary/aromatic N) is 1. The maximum absolute atomic E-state index is 13.0. The van der Waals surface area contributed by atoms with Crippen LogP contribution in [0.15, 0.2) is 54.6 Å². The Balaban J connectivity index is 1.80. The topological polar surface area (TPSA) is 65.1 Å². The van der Waals surface area contributed by atoms with Crippen molar-refractivity contribution in [2.75, 3.05) is 7.11 Å². The van der Waals surface area contributed by atoms with Crippen molar-refractivity contribution in [3.05, 3.63) is 71.3 Å². The highest BCUT2D eigenvalue weighted by molar-refractivity contribution is 5.95. The van der Waals surface area contributed by atoms with Crippen LogP contribution in [-0.2, 0) is 14.3 Å². The maximum Gasteiger partial charge on any atom is 0.338 e. The zero-order valence-electron chi connectivity index (χ0n) is 21.2. The zero-order chi connectivity index (χ0) is 24.9. The van der Waals surface area contributed by atoms with Crippen LogP contribution < -0.4 is 0 Å². The lowest BCUT2D eigenvalue weighted by atomic mass is 9.75. The molecule has 0 radical (unpaired) electrons. The second kappa shape index (κ2) is 10.7. The van der Waals surface area contributed by atoms with E-state index >= 15 is 0 Å². The maximum atomic E-state index is 13.0. The molecule has 1 aliphatic rings. The van der Waals surface area contributed by atoms with Crippen molar-refractivity contribution in [3.63, 3.8) is 0 Å². The molecule has 1 heterocycles. The van der Waals surface area contributed by atoms with E-state index in [-0.39, 0.29) is 23.3 Å². The Morgan fingerprint density at radius 2 is 1.59 bits per heavy atom. The van der Waals surface area contributed by atoms with Crippen LogP contribution >= 0.6 is 0 Å². The van der Waals surface area contributed by atoms with Gasteiger partial charge < -0.3 is 9.47 Å². The van der Waals surface area contributed by atoms with Gasteiger partial charge in [-0.15, -0.1) is 0 Å². The smallest absolute Gasteiger partial charge is 0.338 e. The van der Waals surface area contributed by atoms with E-state index in [1.807, 2.05) is 18.2 Å². The molecular formula is C28H37NO5. The lowest BCUT2D eigenvalue weighted by molar-refractivity contribution is -0.322. The fourth-order valence-corrected chi connectivity index (χ4v) is 5.08. The summed E-state index contributed by atoms with van der Waals surface area (Å²) in [6.07, 6.45) is 2.67. The summed E-state index contributed by atoms with van der Waals surface area (Å²) in [6.45, 7) is 10.7. The van der Waals surface area contributed by atoms with E-state index in [9.17, 15) is 9.59 Å². The molecule has 0 N–H and O–H groups in total. The van der Waals surface area contributed by atoms with Crippen molar-refractivity contribution in [1.82, 2.24) is 5.06 Å². The lowest BCUT2D eigenvalue weighted by Crippen LogP contribution is -2.64. The van der Waals surface area contributed by atoms with E-state index in [1.54, 1.807) is 18.2 Å². The molecule has 34 heavy (non-hydrogen) atoms. The average Bonchev–Trinajstić information content (AvgIpc) is 2.85. The summed E-state index contributed by atoms with van der Waals surface area (Å²) in [4.78, 5) is 31.5. The van der Waals surface area contributed by atoms with E-state index in [0.717, 1.165) is 18.4 Å². The van der Waals surface area contributed by atoms with Crippen LogP contribution in [0.5, 0.6) is 0 Å². The van der Waals surface area contributed by atoms with Crippen LogP contribution in [-0.4, -0.2) is 41.3 Å². The Labute approximate surface area is 203 Å². The molecule has 0 saturated carbocycles. The van der Waals surface area contributed by atoms with Crippen LogP contribution in [0.2, 0.25) is 0 Å². The fraction of sp³-hybridized carbons (Fsp3) is 0.500. The first-order chi connectivity index (χ1) is 16.2. The van der Waals surface area contributed by atoms with E-state index in [2.05, 4.69) is 51.8 Å². The van der Waals surface area contributed by atoms with Gasteiger partial charge in [0.1, 0.15) is 12.2 Å². The lowest BCUT2D eigenvalue weighted by Gasteiger charge is -2.56. The highest BCUT2D eigenvalue weighted by Crippen LogP contribution is 2.45. The van der Waals surface area contributed by atoms with Gasteiger partial charge in [-0.2, -0.15) is 5.06 Å². The van der Waals surface area contributed by atoms with Crippen LogP contribution in [0.3, 0.4) is 0 Å². The molecule has 2 aromatic rings.